The minimum absolute atomic E-state index is 0.180. The molecular formula is C25H23F2N5O2S. The second kappa shape index (κ2) is 9.67. The first-order valence-electron chi connectivity index (χ1n) is 10.7. The van der Waals surface area contributed by atoms with Crippen LogP contribution in [-0.2, 0) is 5.92 Å². The minimum Gasteiger partial charge on any atom is -0.399 e. The van der Waals surface area contributed by atoms with Crippen molar-refractivity contribution in [3.63, 3.8) is 0 Å². The molecule has 0 radical (unpaired) electrons. The van der Waals surface area contributed by atoms with Gasteiger partial charge in [0.25, 0.3) is 17.4 Å². The molecule has 2 heterocycles. The molecule has 0 fully saturated rings. The smallest absolute Gasteiger partial charge is 0.270 e. The second-order valence-electron chi connectivity index (χ2n) is 8.11. The van der Waals surface area contributed by atoms with E-state index in [1.165, 1.54) is 46.4 Å². The van der Waals surface area contributed by atoms with Crippen LogP contribution in [0.2, 0.25) is 0 Å². The molecule has 10 heteroatoms. The van der Waals surface area contributed by atoms with Crippen LogP contribution < -0.4 is 21.9 Å². The summed E-state index contributed by atoms with van der Waals surface area (Å²) in [6, 6.07) is 13.3. The Bertz CT molecular complexity index is 1410. The number of hydrogen-bond acceptors (Lipinski definition) is 6. The number of anilines is 3. The second-order valence-corrected chi connectivity index (χ2v) is 9.01. The summed E-state index contributed by atoms with van der Waals surface area (Å²) in [6.07, 6.45) is 3.13. The van der Waals surface area contributed by atoms with Gasteiger partial charge in [0.15, 0.2) is 5.13 Å². The number of halogens is 2. The van der Waals surface area contributed by atoms with Gasteiger partial charge in [-0.2, -0.15) is 0 Å². The highest BCUT2D eigenvalue weighted by molar-refractivity contribution is 7.13. The standard InChI is InChI=1S/C25H23F2N5O2S/c1-15(17-10-18(25(2,26)27)12-19(28)11-17)30-23(34)16-6-7-22(33)32(14-16)21-5-3-4-20(13-21)31-24-29-8-9-35-24/h3-15H,28H2,1-2H3,(H,29,31)(H,30,34)/t15-/m1/s1. The highest BCUT2D eigenvalue weighted by Gasteiger charge is 2.26. The van der Waals surface area contributed by atoms with Gasteiger partial charge in [0.05, 0.1) is 17.3 Å². The number of carbonyl (C=O) groups excluding carboxylic acids is 1. The first kappa shape index (κ1) is 24.1. The Morgan fingerprint density at radius 3 is 2.69 bits per heavy atom. The molecule has 0 saturated carbocycles. The molecule has 2 aromatic carbocycles. The first-order valence-corrected chi connectivity index (χ1v) is 11.6. The molecule has 0 saturated heterocycles. The number of nitrogen functional groups attached to an aromatic ring is 1. The van der Waals surface area contributed by atoms with Gasteiger partial charge in [-0.05, 0) is 55.0 Å². The molecule has 4 rings (SSSR count). The Hall–Kier alpha value is -4.05. The van der Waals surface area contributed by atoms with Crippen LogP contribution in [0.25, 0.3) is 5.69 Å². The fourth-order valence-electron chi connectivity index (χ4n) is 3.51. The molecule has 0 spiro atoms. The van der Waals surface area contributed by atoms with Crippen LogP contribution in [-0.4, -0.2) is 15.5 Å². The van der Waals surface area contributed by atoms with Gasteiger partial charge in [-0.15, -0.1) is 11.3 Å². The van der Waals surface area contributed by atoms with Crippen molar-refractivity contribution in [2.24, 2.45) is 0 Å². The van der Waals surface area contributed by atoms with Crippen molar-refractivity contribution in [2.45, 2.75) is 25.8 Å². The van der Waals surface area contributed by atoms with E-state index in [1.54, 1.807) is 37.4 Å². The Kier molecular flexibility index (Phi) is 6.65. The van der Waals surface area contributed by atoms with E-state index in [0.29, 0.717) is 16.4 Å². The largest absolute Gasteiger partial charge is 0.399 e. The average molecular weight is 496 g/mol. The zero-order valence-corrected chi connectivity index (χ0v) is 19.8. The molecule has 180 valence electrons. The van der Waals surface area contributed by atoms with E-state index in [2.05, 4.69) is 15.6 Å². The van der Waals surface area contributed by atoms with Crippen LogP contribution in [0.5, 0.6) is 0 Å². The number of nitrogens with one attached hydrogen (secondary N) is 2. The minimum atomic E-state index is -3.06. The number of aromatic nitrogens is 2. The molecule has 0 unspecified atom stereocenters. The van der Waals surface area contributed by atoms with Gasteiger partial charge < -0.3 is 16.4 Å². The van der Waals surface area contributed by atoms with Gasteiger partial charge in [-0.3, -0.25) is 14.2 Å². The summed E-state index contributed by atoms with van der Waals surface area (Å²) >= 11 is 1.44. The van der Waals surface area contributed by atoms with Crippen LogP contribution in [0.3, 0.4) is 0 Å². The van der Waals surface area contributed by atoms with Crippen LogP contribution in [0, 0.1) is 0 Å². The number of pyridine rings is 1. The number of alkyl halides is 2. The van der Waals surface area contributed by atoms with Gasteiger partial charge >= 0.3 is 0 Å². The lowest BCUT2D eigenvalue weighted by Gasteiger charge is -2.19. The summed E-state index contributed by atoms with van der Waals surface area (Å²) in [4.78, 5) is 29.7. The average Bonchev–Trinajstić information content (AvgIpc) is 3.31. The Morgan fingerprint density at radius 2 is 1.97 bits per heavy atom. The lowest BCUT2D eigenvalue weighted by Crippen LogP contribution is -2.28. The fourth-order valence-corrected chi connectivity index (χ4v) is 4.06. The predicted octanol–water partition coefficient (Wildman–Crippen LogP) is 5.22. The molecule has 35 heavy (non-hydrogen) atoms. The Labute approximate surface area is 204 Å². The Balaban J connectivity index is 1.57. The zero-order chi connectivity index (χ0) is 25.2. The van der Waals surface area contributed by atoms with Crippen molar-refractivity contribution < 1.29 is 13.6 Å². The van der Waals surface area contributed by atoms with Gasteiger partial charge in [-0.1, -0.05) is 6.07 Å². The third kappa shape index (κ3) is 5.72. The summed E-state index contributed by atoms with van der Waals surface area (Å²) in [7, 11) is 0. The Morgan fingerprint density at radius 1 is 1.17 bits per heavy atom. The molecule has 0 bridgehead atoms. The number of benzene rings is 2. The zero-order valence-electron chi connectivity index (χ0n) is 19.0. The molecule has 4 N–H and O–H groups in total. The van der Waals surface area contributed by atoms with Crippen LogP contribution >= 0.6 is 11.3 Å². The number of carbonyl (C=O) groups is 1. The number of amides is 1. The monoisotopic (exact) mass is 495 g/mol. The van der Waals surface area contributed by atoms with Crippen molar-refractivity contribution in [3.05, 3.63) is 99.4 Å². The number of nitrogens with zero attached hydrogens (tertiary/aromatic N) is 2. The fraction of sp³-hybridized carbons (Fsp3) is 0.160. The maximum Gasteiger partial charge on any atom is 0.270 e. The maximum absolute atomic E-state index is 13.8. The van der Waals surface area contributed by atoms with Crippen molar-refractivity contribution in [1.29, 1.82) is 0 Å². The molecule has 0 aliphatic carbocycles. The maximum atomic E-state index is 13.8. The quantitative estimate of drug-likeness (QED) is 0.305. The van der Waals surface area contributed by atoms with Crippen LogP contribution in [0.15, 0.2) is 77.2 Å². The molecular weight excluding hydrogens is 472 g/mol. The first-order chi connectivity index (χ1) is 16.6. The molecule has 2 aromatic heterocycles. The number of nitrogens with two attached hydrogens (primary N) is 1. The van der Waals surface area contributed by atoms with Gasteiger partial charge in [-0.25, -0.2) is 13.8 Å². The number of thiazole rings is 1. The number of hydrogen-bond donors (Lipinski definition) is 3. The molecule has 1 atom stereocenters. The lowest BCUT2D eigenvalue weighted by molar-refractivity contribution is 0.0174. The number of rotatable bonds is 7. The highest BCUT2D eigenvalue weighted by Crippen LogP contribution is 2.31. The summed E-state index contributed by atoms with van der Waals surface area (Å²) in [5.74, 6) is -3.53. The third-order valence-electron chi connectivity index (χ3n) is 5.31. The van der Waals surface area contributed by atoms with Gasteiger partial charge in [0.1, 0.15) is 0 Å². The van der Waals surface area contributed by atoms with Crippen molar-refractivity contribution in [2.75, 3.05) is 11.1 Å². The molecule has 0 aliphatic rings. The van der Waals surface area contributed by atoms with Crippen molar-refractivity contribution >= 4 is 33.8 Å². The summed E-state index contributed by atoms with van der Waals surface area (Å²) < 4.78 is 29.0. The van der Waals surface area contributed by atoms with E-state index in [-0.39, 0.29) is 22.4 Å². The van der Waals surface area contributed by atoms with Gasteiger partial charge in [0.2, 0.25) is 0 Å². The summed E-state index contributed by atoms with van der Waals surface area (Å²) in [5.41, 5.74) is 7.42. The highest BCUT2D eigenvalue weighted by atomic mass is 32.1. The SMILES string of the molecule is C[C@@H](NC(=O)c1ccc(=O)n(-c2cccc(Nc3nccs3)c2)c1)c1cc(N)cc(C(C)(F)F)c1. The molecule has 7 nitrogen and oxygen atoms in total. The third-order valence-corrected chi connectivity index (χ3v) is 6.00. The van der Waals surface area contributed by atoms with Crippen LogP contribution in [0.4, 0.5) is 25.3 Å². The van der Waals surface area contributed by atoms with Crippen molar-refractivity contribution in [3.8, 4) is 5.69 Å². The van der Waals surface area contributed by atoms with E-state index in [4.69, 9.17) is 5.73 Å². The predicted molar refractivity (Wildman–Crippen MR) is 134 cm³/mol. The summed E-state index contributed by atoms with van der Waals surface area (Å²) in [6.45, 7) is 2.47. The topological polar surface area (TPSA) is 102 Å². The lowest BCUT2D eigenvalue weighted by atomic mass is 10.0. The van der Waals surface area contributed by atoms with Crippen LogP contribution in [0.1, 0.15) is 41.4 Å². The van der Waals surface area contributed by atoms with E-state index in [9.17, 15) is 18.4 Å². The van der Waals surface area contributed by atoms with Gasteiger partial charge in [0, 0.05) is 47.7 Å². The molecule has 1 amide bonds. The van der Waals surface area contributed by atoms with E-state index in [0.717, 1.165) is 12.6 Å². The van der Waals surface area contributed by atoms with E-state index < -0.39 is 17.9 Å². The molecule has 4 aromatic rings. The van der Waals surface area contributed by atoms with E-state index >= 15 is 0 Å². The molecule has 0 aliphatic heterocycles. The van der Waals surface area contributed by atoms with Crippen molar-refractivity contribution in [1.82, 2.24) is 14.9 Å². The normalized spacial score (nSPS) is 12.2. The summed E-state index contributed by atoms with van der Waals surface area (Å²) in [5, 5.41) is 8.50. The van der Waals surface area contributed by atoms with E-state index in [1.807, 2.05) is 11.4 Å².